The molecule has 0 atom stereocenters. The van der Waals surface area contributed by atoms with Crippen LogP contribution in [-0.4, -0.2) is 17.4 Å². The lowest BCUT2D eigenvalue weighted by Gasteiger charge is -2.25. The first-order valence-electron chi connectivity index (χ1n) is 7.80. The van der Waals surface area contributed by atoms with Crippen LogP contribution in [0.5, 0.6) is 0 Å². The summed E-state index contributed by atoms with van der Waals surface area (Å²) in [5, 5.41) is 2.59. The van der Waals surface area contributed by atoms with E-state index in [1.165, 1.54) is 27.6 Å². The molecule has 1 amide bonds. The zero-order chi connectivity index (χ0) is 14.2. The lowest BCUT2D eigenvalue weighted by Crippen LogP contribution is -2.31. The monoisotopic (exact) mass is 277 g/mol. The van der Waals surface area contributed by atoms with Crippen molar-refractivity contribution >= 4 is 16.7 Å². The van der Waals surface area contributed by atoms with E-state index < -0.39 is 0 Å². The minimum Gasteiger partial charge on any atom is -0.316 e. The van der Waals surface area contributed by atoms with E-state index in [-0.39, 0.29) is 0 Å². The Morgan fingerprint density at radius 1 is 0.952 bits per heavy atom. The second kappa shape index (κ2) is 5.03. The summed E-state index contributed by atoms with van der Waals surface area (Å²) in [4.78, 5) is 14.0. The second-order valence-corrected chi connectivity index (χ2v) is 6.06. The number of piperidine rings is 1. The number of hydrogen-bond acceptors (Lipinski definition) is 1. The van der Waals surface area contributed by atoms with Gasteiger partial charge in [-0.2, -0.15) is 0 Å². The second-order valence-electron chi connectivity index (χ2n) is 6.06. The average molecular weight is 277 g/mol. The Hall–Kier alpha value is -2.09. The van der Waals surface area contributed by atoms with Gasteiger partial charge in [-0.1, -0.05) is 42.5 Å². The van der Waals surface area contributed by atoms with Gasteiger partial charge in [-0.3, -0.25) is 4.79 Å². The molecule has 2 nitrogen and oxygen atoms in total. The van der Waals surface area contributed by atoms with Crippen molar-refractivity contribution in [3.05, 3.63) is 59.3 Å². The molecule has 2 heterocycles. The van der Waals surface area contributed by atoms with Crippen LogP contribution in [-0.2, 0) is 11.2 Å². The van der Waals surface area contributed by atoms with Gasteiger partial charge in [0.2, 0.25) is 5.91 Å². The molecule has 0 bridgehead atoms. The summed E-state index contributed by atoms with van der Waals surface area (Å²) in [6.07, 6.45) is 4.87. The van der Waals surface area contributed by atoms with Gasteiger partial charge < -0.3 is 4.90 Å². The molecule has 2 aromatic carbocycles. The summed E-state index contributed by atoms with van der Waals surface area (Å²) in [6, 6.07) is 15.2. The Morgan fingerprint density at radius 2 is 1.81 bits per heavy atom. The van der Waals surface area contributed by atoms with Crippen molar-refractivity contribution in [3.63, 3.8) is 0 Å². The molecule has 4 rings (SSSR count). The third-order valence-corrected chi connectivity index (χ3v) is 4.71. The van der Waals surface area contributed by atoms with E-state index in [4.69, 9.17) is 0 Å². The van der Waals surface area contributed by atoms with Crippen LogP contribution >= 0.6 is 0 Å². The smallest absolute Gasteiger partial charge is 0.226 e. The van der Waals surface area contributed by atoms with Gasteiger partial charge >= 0.3 is 0 Å². The summed E-state index contributed by atoms with van der Waals surface area (Å²) >= 11 is 0. The minimum absolute atomic E-state index is 0.324. The van der Waals surface area contributed by atoms with Crippen LogP contribution in [0.2, 0.25) is 0 Å². The average Bonchev–Trinajstić information content (AvgIpc) is 2.92. The van der Waals surface area contributed by atoms with E-state index in [9.17, 15) is 4.79 Å². The normalized spacial score (nSPS) is 18.5. The quantitative estimate of drug-likeness (QED) is 0.811. The fourth-order valence-electron chi connectivity index (χ4n) is 3.63. The highest BCUT2D eigenvalue weighted by Gasteiger charge is 2.29. The molecule has 106 valence electrons. The molecule has 2 aliphatic rings. The van der Waals surface area contributed by atoms with Gasteiger partial charge in [0, 0.05) is 18.7 Å². The minimum atomic E-state index is 0.324. The van der Waals surface area contributed by atoms with Gasteiger partial charge in [0.15, 0.2) is 0 Å². The number of fused-ring (bicyclic) bond motifs is 2. The van der Waals surface area contributed by atoms with Crippen molar-refractivity contribution in [3.8, 4) is 0 Å². The van der Waals surface area contributed by atoms with E-state index in [2.05, 4.69) is 42.5 Å². The zero-order valence-electron chi connectivity index (χ0n) is 12.1. The molecule has 1 saturated heterocycles. The molecule has 0 radical (unpaired) electrons. The number of allylic oxidation sites excluding steroid dienone is 1. The Labute approximate surface area is 125 Å². The van der Waals surface area contributed by atoms with Gasteiger partial charge in [0.25, 0.3) is 0 Å². The summed E-state index contributed by atoms with van der Waals surface area (Å²) in [7, 11) is 0. The topological polar surface area (TPSA) is 20.3 Å². The fraction of sp³-hybridized carbons (Fsp3) is 0.316. The van der Waals surface area contributed by atoms with Crippen molar-refractivity contribution in [2.75, 3.05) is 6.54 Å². The molecule has 1 fully saturated rings. The summed E-state index contributed by atoms with van der Waals surface area (Å²) in [5.74, 6) is 0.324. The Bertz CT molecular complexity index is 744. The van der Waals surface area contributed by atoms with Crippen LogP contribution in [0.25, 0.3) is 10.8 Å². The fourth-order valence-corrected chi connectivity index (χ4v) is 3.63. The summed E-state index contributed by atoms with van der Waals surface area (Å²) < 4.78 is 0. The summed E-state index contributed by atoms with van der Waals surface area (Å²) in [5.41, 5.74) is 4.15. The molecule has 0 unspecified atom stereocenters. The molecule has 0 aliphatic carbocycles. The molecular weight excluding hydrogens is 258 g/mol. The van der Waals surface area contributed by atoms with Crippen molar-refractivity contribution in [1.82, 2.24) is 4.90 Å². The van der Waals surface area contributed by atoms with Gasteiger partial charge in [0.05, 0.1) is 0 Å². The molecule has 2 heteroatoms. The van der Waals surface area contributed by atoms with Gasteiger partial charge in [-0.15, -0.1) is 0 Å². The lowest BCUT2D eigenvalue weighted by atomic mass is 9.97. The zero-order valence-corrected chi connectivity index (χ0v) is 12.1. The van der Waals surface area contributed by atoms with E-state index >= 15 is 0 Å². The highest BCUT2D eigenvalue weighted by atomic mass is 16.2. The van der Waals surface area contributed by atoms with Crippen LogP contribution < -0.4 is 0 Å². The Kier molecular flexibility index (Phi) is 3.03. The number of rotatable bonds is 2. The summed E-state index contributed by atoms with van der Waals surface area (Å²) in [6.45, 7) is 0.900. The largest absolute Gasteiger partial charge is 0.316 e. The lowest BCUT2D eigenvalue weighted by molar-refractivity contribution is -0.130. The standard InChI is InChI=1S/C19H19NO/c21-19-7-3-6-18-17(10-11-20(18)19)13-14-8-9-15-4-1-2-5-16(15)12-14/h1-2,4-5,8-9,12H,3,6-7,10-11,13H2. The Balaban J connectivity index is 1.65. The van der Waals surface area contributed by atoms with Crippen molar-refractivity contribution in [2.45, 2.75) is 32.1 Å². The van der Waals surface area contributed by atoms with Crippen LogP contribution in [0.1, 0.15) is 31.2 Å². The van der Waals surface area contributed by atoms with E-state index in [1.807, 2.05) is 4.90 Å². The molecule has 21 heavy (non-hydrogen) atoms. The SMILES string of the molecule is O=C1CCCC2=C(Cc3ccc4ccccc4c3)CCN12. The first-order chi connectivity index (χ1) is 10.3. The van der Waals surface area contributed by atoms with Crippen LogP contribution in [0.3, 0.4) is 0 Å². The van der Waals surface area contributed by atoms with E-state index in [1.54, 1.807) is 0 Å². The number of carbonyl (C=O) groups excluding carboxylic acids is 1. The molecule has 2 aromatic rings. The maximum atomic E-state index is 11.9. The predicted molar refractivity (Wildman–Crippen MR) is 84.9 cm³/mol. The first-order valence-corrected chi connectivity index (χ1v) is 7.80. The maximum absolute atomic E-state index is 11.9. The van der Waals surface area contributed by atoms with Crippen molar-refractivity contribution < 1.29 is 4.79 Å². The van der Waals surface area contributed by atoms with E-state index in [0.717, 1.165) is 38.6 Å². The van der Waals surface area contributed by atoms with Crippen LogP contribution in [0.4, 0.5) is 0 Å². The maximum Gasteiger partial charge on any atom is 0.226 e. The van der Waals surface area contributed by atoms with Crippen molar-refractivity contribution in [1.29, 1.82) is 0 Å². The number of benzene rings is 2. The van der Waals surface area contributed by atoms with Gasteiger partial charge in [0.1, 0.15) is 0 Å². The third-order valence-electron chi connectivity index (χ3n) is 4.71. The molecule has 0 spiro atoms. The van der Waals surface area contributed by atoms with Crippen molar-refractivity contribution in [2.24, 2.45) is 0 Å². The molecule has 0 saturated carbocycles. The molecule has 0 N–H and O–H groups in total. The predicted octanol–water partition coefficient (Wildman–Crippen LogP) is 4.05. The number of hydrogen-bond donors (Lipinski definition) is 0. The van der Waals surface area contributed by atoms with Gasteiger partial charge in [-0.25, -0.2) is 0 Å². The van der Waals surface area contributed by atoms with Gasteiger partial charge in [-0.05, 0) is 47.6 Å². The van der Waals surface area contributed by atoms with E-state index in [0.29, 0.717) is 5.91 Å². The highest BCUT2D eigenvalue weighted by Crippen LogP contribution is 2.33. The van der Waals surface area contributed by atoms with Crippen LogP contribution in [0.15, 0.2) is 53.7 Å². The number of nitrogens with zero attached hydrogens (tertiary/aromatic N) is 1. The molecule has 0 aromatic heterocycles. The number of carbonyl (C=O) groups is 1. The number of amides is 1. The first kappa shape index (κ1) is 12.6. The van der Waals surface area contributed by atoms with Crippen LogP contribution in [0, 0.1) is 0 Å². The highest BCUT2D eigenvalue weighted by molar-refractivity contribution is 5.83. The molecule has 2 aliphatic heterocycles. The third kappa shape index (κ3) is 2.25. The Morgan fingerprint density at radius 3 is 2.71 bits per heavy atom. The molecular formula is C19H19NO.